The fourth-order valence-electron chi connectivity index (χ4n) is 3.65. The van der Waals surface area contributed by atoms with Crippen LogP contribution in [-0.4, -0.2) is 42.6 Å². The van der Waals surface area contributed by atoms with Crippen molar-refractivity contribution in [3.63, 3.8) is 0 Å². The number of carbonyl (C=O) groups is 2. The van der Waals surface area contributed by atoms with Crippen molar-refractivity contribution >= 4 is 29.3 Å². The van der Waals surface area contributed by atoms with Gasteiger partial charge in [0.15, 0.2) is 0 Å². The van der Waals surface area contributed by atoms with Gasteiger partial charge < -0.3 is 10.6 Å². The van der Waals surface area contributed by atoms with Crippen LogP contribution in [0.5, 0.6) is 0 Å². The first-order valence-electron chi connectivity index (χ1n) is 10.0. The Kier molecular flexibility index (Phi) is 7.72. The molecule has 2 N–H and O–H groups in total. The first-order chi connectivity index (χ1) is 14.0. The fourth-order valence-corrected chi connectivity index (χ4v) is 4.26. The summed E-state index contributed by atoms with van der Waals surface area (Å²) in [7, 11) is 0. The number of nitrogens with one attached hydrogen (secondary N) is 2. The smallest absolute Gasteiger partial charge is 0.313 e. The van der Waals surface area contributed by atoms with E-state index in [1.807, 2.05) is 25.1 Å². The highest BCUT2D eigenvalue weighted by molar-refractivity contribution is 7.98. The zero-order valence-corrected chi connectivity index (χ0v) is 17.9. The quantitative estimate of drug-likeness (QED) is 0.562. The van der Waals surface area contributed by atoms with Gasteiger partial charge in [-0.25, -0.2) is 0 Å². The number of aryl methyl sites for hydroxylation is 1. The highest BCUT2D eigenvalue weighted by Gasteiger charge is 2.22. The molecule has 3 rings (SSSR count). The Bertz CT molecular complexity index is 848. The summed E-state index contributed by atoms with van der Waals surface area (Å²) >= 11 is 1.79. The Balaban J connectivity index is 1.40. The van der Waals surface area contributed by atoms with Crippen LogP contribution in [0.2, 0.25) is 0 Å². The van der Waals surface area contributed by atoms with Crippen molar-refractivity contribution in [1.29, 1.82) is 0 Å². The third-order valence-corrected chi connectivity index (χ3v) is 6.17. The normalized spacial score (nSPS) is 15.1. The van der Waals surface area contributed by atoms with Crippen LogP contribution >= 0.6 is 11.8 Å². The van der Waals surface area contributed by atoms with Gasteiger partial charge >= 0.3 is 11.8 Å². The molecule has 1 aliphatic rings. The third kappa shape index (κ3) is 6.34. The minimum Gasteiger partial charge on any atom is -0.348 e. The summed E-state index contributed by atoms with van der Waals surface area (Å²) in [5, 5.41) is 5.45. The molecule has 0 radical (unpaired) electrons. The molecule has 0 aromatic heterocycles. The van der Waals surface area contributed by atoms with Crippen LogP contribution < -0.4 is 10.6 Å². The summed E-state index contributed by atoms with van der Waals surface area (Å²) in [4.78, 5) is 28.0. The van der Waals surface area contributed by atoms with Gasteiger partial charge in [0.05, 0.1) is 0 Å². The van der Waals surface area contributed by atoms with E-state index in [0.29, 0.717) is 18.2 Å². The predicted molar refractivity (Wildman–Crippen MR) is 119 cm³/mol. The molecule has 0 aliphatic carbocycles. The van der Waals surface area contributed by atoms with E-state index in [2.05, 4.69) is 46.1 Å². The molecule has 29 heavy (non-hydrogen) atoms. The number of hydrogen-bond donors (Lipinski definition) is 2. The van der Waals surface area contributed by atoms with Gasteiger partial charge in [-0.15, -0.1) is 11.8 Å². The van der Waals surface area contributed by atoms with Gasteiger partial charge in [-0.05, 0) is 74.4 Å². The maximum atomic E-state index is 12.1. The van der Waals surface area contributed by atoms with E-state index in [-0.39, 0.29) is 0 Å². The summed E-state index contributed by atoms with van der Waals surface area (Å²) < 4.78 is 0. The Morgan fingerprint density at radius 2 is 1.83 bits per heavy atom. The molecule has 1 aliphatic heterocycles. The van der Waals surface area contributed by atoms with E-state index < -0.39 is 11.8 Å². The molecular formula is C23H29N3O2S. The number of piperidine rings is 1. The molecule has 0 unspecified atom stereocenters. The number of amides is 2. The van der Waals surface area contributed by atoms with Crippen molar-refractivity contribution in [2.24, 2.45) is 5.92 Å². The molecular weight excluding hydrogens is 382 g/mol. The molecule has 1 fully saturated rings. The minimum absolute atomic E-state index is 0.415. The van der Waals surface area contributed by atoms with Gasteiger partial charge in [-0.3, -0.25) is 14.5 Å². The molecule has 2 aromatic carbocycles. The number of hydrogen-bond acceptors (Lipinski definition) is 4. The summed E-state index contributed by atoms with van der Waals surface area (Å²) in [5.41, 5.74) is 3.05. The zero-order valence-electron chi connectivity index (χ0n) is 17.1. The molecule has 1 heterocycles. The van der Waals surface area contributed by atoms with Crippen molar-refractivity contribution in [3.05, 3.63) is 59.7 Å². The highest BCUT2D eigenvalue weighted by atomic mass is 32.2. The maximum absolute atomic E-state index is 12.1. The van der Waals surface area contributed by atoms with Crippen LogP contribution in [0.3, 0.4) is 0 Å². The van der Waals surface area contributed by atoms with E-state index in [4.69, 9.17) is 0 Å². The standard InChI is InChI=1S/C23H29N3O2S/c1-17-6-5-8-20(14-17)25-23(28)22(27)24-15-18-10-12-26(13-11-18)16-19-7-3-4-9-21(19)29-2/h3-9,14,18H,10-13,15-16H2,1-2H3,(H,24,27)(H,25,28). The Morgan fingerprint density at radius 3 is 2.55 bits per heavy atom. The largest absolute Gasteiger partial charge is 0.348 e. The molecule has 0 saturated carbocycles. The van der Waals surface area contributed by atoms with Gasteiger partial charge in [-0.2, -0.15) is 0 Å². The summed E-state index contributed by atoms with van der Waals surface area (Å²) in [5.74, 6) is -0.762. The number of carbonyl (C=O) groups excluding carboxylic acids is 2. The van der Waals surface area contributed by atoms with Crippen LogP contribution in [0.4, 0.5) is 5.69 Å². The topological polar surface area (TPSA) is 61.4 Å². The van der Waals surface area contributed by atoms with Gasteiger partial charge in [0.2, 0.25) is 0 Å². The second-order valence-electron chi connectivity index (χ2n) is 7.56. The Hall–Kier alpha value is -2.31. The lowest BCUT2D eigenvalue weighted by Gasteiger charge is -2.32. The molecule has 0 bridgehead atoms. The SMILES string of the molecule is CSc1ccccc1CN1CCC(CNC(=O)C(=O)Nc2cccc(C)c2)CC1. The fraction of sp³-hybridized carbons (Fsp3) is 0.391. The number of thioether (sulfide) groups is 1. The van der Waals surface area contributed by atoms with Crippen LogP contribution in [-0.2, 0) is 16.1 Å². The van der Waals surface area contributed by atoms with Crippen molar-refractivity contribution in [2.45, 2.75) is 31.2 Å². The average molecular weight is 412 g/mol. The second kappa shape index (κ2) is 10.5. The first kappa shape index (κ1) is 21.4. The molecule has 0 spiro atoms. The highest BCUT2D eigenvalue weighted by Crippen LogP contribution is 2.24. The monoisotopic (exact) mass is 411 g/mol. The summed E-state index contributed by atoms with van der Waals surface area (Å²) in [6, 6.07) is 16.0. The van der Waals surface area contributed by atoms with Crippen molar-refractivity contribution in [1.82, 2.24) is 10.2 Å². The lowest BCUT2D eigenvalue weighted by atomic mass is 9.96. The number of benzene rings is 2. The van der Waals surface area contributed by atoms with Crippen molar-refractivity contribution in [3.8, 4) is 0 Å². The van der Waals surface area contributed by atoms with Crippen LogP contribution in [0.25, 0.3) is 0 Å². The number of nitrogens with zero attached hydrogens (tertiary/aromatic N) is 1. The summed E-state index contributed by atoms with van der Waals surface area (Å²) in [6.45, 7) is 5.49. The Morgan fingerprint density at radius 1 is 1.07 bits per heavy atom. The van der Waals surface area contributed by atoms with Crippen LogP contribution in [0, 0.1) is 12.8 Å². The lowest BCUT2D eigenvalue weighted by Crippen LogP contribution is -2.41. The van der Waals surface area contributed by atoms with Gasteiger partial charge in [0.1, 0.15) is 0 Å². The van der Waals surface area contributed by atoms with Crippen molar-refractivity contribution < 1.29 is 9.59 Å². The molecule has 154 valence electrons. The van der Waals surface area contributed by atoms with E-state index in [1.54, 1.807) is 17.8 Å². The van der Waals surface area contributed by atoms with Crippen LogP contribution in [0.15, 0.2) is 53.4 Å². The number of anilines is 1. The number of rotatable bonds is 6. The van der Waals surface area contributed by atoms with E-state index in [0.717, 1.165) is 38.0 Å². The maximum Gasteiger partial charge on any atom is 0.313 e. The average Bonchev–Trinajstić information content (AvgIpc) is 2.73. The second-order valence-corrected chi connectivity index (χ2v) is 8.41. The number of likely N-dealkylation sites (tertiary alicyclic amines) is 1. The third-order valence-electron chi connectivity index (χ3n) is 5.33. The van der Waals surface area contributed by atoms with Gasteiger partial charge in [0, 0.05) is 23.7 Å². The van der Waals surface area contributed by atoms with Gasteiger partial charge in [0.25, 0.3) is 0 Å². The minimum atomic E-state index is -0.610. The van der Waals surface area contributed by atoms with Gasteiger partial charge in [-0.1, -0.05) is 30.3 Å². The van der Waals surface area contributed by atoms with E-state index >= 15 is 0 Å². The molecule has 2 amide bonds. The predicted octanol–water partition coefficient (Wildman–Crippen LogP) is 3.68. The molecule has 0 atom stereocenters. The van der Waals surface area contributed by atoms with E-state index in [1.165, 1.54) is 10.5 Å². The zero-order chi connectivity index (χ0) is 20.6. The molecule has 2 aromatic rings. The van der Waals surface area contributed by atoms with Crippen LogP contribution in [0.1, 0.15) is 24.0 Å². The first-order valence-corrected chi connectivity index (χ1v) is 11.3. The van der Waals surface area contributed by atoms with E-state index in [9.17, 15) is 9.59 Å². The molecule has 6 heteroatoms. The molecule has 5 nitrogen and oxygen atoms in total. The Labute approximate surface area is 177 Å². The lowest BCUT2D eigenvalue weighted by molar-refractivity contribution is -0.136. The van der Waals surface area contributed by atoms with Crippen molar-refractivity contribution in [2.75, 3.05) is 31.2 Å². The summed E-state index contributed by atoms with van der Waals surface area (Å²) in [6.07, 6.45) is 4.17. The molecule has 1 saturated heterocycles.